The summed E-state index contributed by atoms with van der Waals surface area (Å²) in [6.45, 7) is 8.62. The maximum atomic E-state index is 5.76. The SMILES string of the molecule is CCc1cc(CN)cc(N2CC(C)OCC2C)n1. The summed E-state index contributed by atoms with van der Waals surface area (Å²) < 4.78 is 5.66. The fourth-order valence-corrected chi connectivity index (χ4v) is 2.30. The first-order chi connectivity index (χ1) is 8.63. The average molecular weight is 249 g/mol. The molecule has 1 aliphatic rings. The van der Waals surface area contributed by atoms with Crippen LogP contribution in [0.1, 0.15) is 32.0 Å². The van der Waals surface area contributed by atoms with E-state index in [1.54, 1.807) is 0 Å². The van der Waals surface area contributed by atoms with E-state index in [-0.39, 0.29) is 6.10 Å². The summed E-state index contributed by atoms with van der Waals surface area (Å²) in [6, 6.07) is 4.57. The lowest BCUT2D eigenvalue weighted by atomic mass is 10.1. The van der Waals surface area contributed by atoms with E-state index in [1.807, 2.05) is 0 Å². The number of nitrogens with zero attached hydrogens (tertiary/aromatic N) is 2. The molecule has 1 aliphatic heterocycles. The first kappa shape index (κ1) is 13.3. The van der Waals surface area contributed by atoms with Crippen molar-refractivity contribution >= 4 is 5.82 Å². The number of rotatable bonds is 3. The molecule has 0 aromatic carbocycles. The van der Waals surface area contributed by atoms with Crippen molar-refractivity contribution in [2.75, 3.05) is 18.1 Å². The second-order valence-corrected chi connectivity index (χ2v) is 5.03. The van der Waals surface area contributed by atoms with E-state index in [1.165, 1.54) is 0 Å². The smallest absolute Gasteiger partial charge is 0.129 e. The van der Waals surface area contributed by atoms with Crippen LogP contribution >= 0.6 is 0 Å². The molecule has 2 rings (SSSR count). The quantitative estimate of drug-likeness (QED) is 0.886. The van der Waals surface area contributed by atoms with Crippen LogP contribution in [-0.2, 0) is 17.7 Å². The van der Waals surface area contributed by atoms with E-state index in [0.29, 0.717) is 12.6 Å². The molecular weight excluding hydrogens is 226 g/mol. The van der Waals surface area contributed by atoms with E-state index in [9.17, 15) is 0 Å². The Balaban J connectivity index is 2.30. The number of aryl methyl sites for hydroxylation is 1. The minimum absolute atomic E-state index is 0.259. The van der Waals surface area contributed by atoms with Crippen LogP contribution in [0.5, 0.6) is 0 Å². The molecule has 1 fully saturated rings. The number of aromatic nitrogens is 1. The lowest BCUT2D eigenvalue weighted by molar-refractivity contribution is 0.0340. The van der Waals surface area contributed by atoms with Gasteiger partial charge >= 0.3 is 0 Å². The zero-order chi connectivity index (χ0) is 13.1. The summed E-state index contributed by atoms with van der Waals surface area (Å²) in [5, 5.41) is 0. The number of hydrogen-bond acceptors (Lipinski definition) is 4. The first-order valence-corrected chi connectivity index (χ1v) is 6.72. The summed E-state index contributed by atoms with van der Waals surface area (Å²) in [6.07, 6.45) is 1.20. The Morgan fingerprint density at radius 3 is 2.89 bits per heavy atom. The predicted molar refractivity (Wildman–Crippen MR) is 73.7 cm³/mol. The number of anilines is 1. The Bertz CT molecular complexity index is 386. The molecule has 0 aliphatic carbocycles. The van der Waals surface area contributed by atoms with Crippen LogP contribution in [0.3, 0.4) is 0 Å². The molecule has 2 unspecified atom stereocenters. The van der Waals surface area contributed by atoms with Gasteiger partial charge in [-0.15, -0.1) is 0 Å². The highest BCUT2D eigenvalue weighted by molar-refractivity contribution is 5.44. The van der Waals surface area contributed by atoms with Crippen LogP contribution in [0.2, 0.25) is 0 Å². The van der Waals surface area contributed by atoms with Gasteiger partial charge in [0, 0.05) is 18.8 Å². The van der Waals surface area contributed by atoms with Crippen LogP contribution in [0.4, 0.5) is 5.82 Å². The molecule has 2 N–H and O–H groups in total. The largest absolute Gasteiger partial charge is 0.375 e. The highest BCUT2D eigenvalue weighted by Gasteiger charge is 2.24. The third-order valence-corrected chi connectivity index (χ3v) is 3.42. The third kappa shape index (κ3) is 2.82. The second kappa shape index (κ2) is 5.67. The Morgan fingerprint density at radius 1 is 1.44 bits per heavy atom. The van der Waals surface area contributed by atoms with E-state index in [4.69, 9.17) is 15.5 Å². The van der Waals surface area contributed by atoms with Gasteiger partial charge in [0.2, 0.25) is 0 Å². The van der Waals surface area contributed by atoms with Crippen molar-refractivity contribution in [2.45, 2.75) is 45.9 Å². The number of nitrogens with two attached hydrogens (primary N) is 1. The normalized spacial score (nSPS) is 24.3. The number of hydrogen-bond donors (Lipinski definition) is 1. The molecule has 0 saturated carbocycles. The van der Waals surface area contributed by atoms with Gasteiger partial charge in [0.25, 0.3) is 0 Å². The van der Waals surface area contributed by atoms with E-state index < -0.39 is 0 Å². The number of pyridine rings is 1. The fourth-order valence-electron chi connectivity index (χ4n) is 2.30. The van der Waals surface area contributed by atoms with Crippen molar-refractivity contribution in [1.29, 1.82) is 0 Å². The predicted octanol–water partition coefficient (Wildman–Crippen LogP) is 1.72. The lowest BCUT2D eigenvalue weighted by Crippen LogP contribution is -2.47. The van der Waals surface area contributed by atoms with Gasteiger partial charge < -0.3 is 15.4 Å². The molecule has 0 amide bonds. The van der Waals surface area contributed by atoms with Gasteiger partial charge in [-0.1, -0.05) is 6.92 Å². The maximum Gasteiger partial charge on any atom is 0.129 e. The molecule has 18 heavy (non-hydrogen) atoms. The summed E-state index contributed by atoms with van der Waals surface area (Å²) >= 11 is 0. The number of morpholine rings is 1. The van der Waals surface area contributed by atoms with Crippen molar-refractivity contribution in [2.24, 2.45) is 5.73 Å². The summed E-state index contributed by atoms with van der Waals surface area (Å²) in [5.41, 5.74) is 8.03. The van der Waals surface area contributed by atoms with Crippen molar-refractivity contribution in [1.82, 2.24) is 4.98 Å². The van der Waals surface area contributed by atoms with E-state index in [2.05, 4.69) is 37.8 Å². The molecule has 0 spiro atoms. The molecule has 1 saturated heterocycles. The van der Waals surface area contributed by atoms with Crippen LogP contribution < -0.4 is 10.6 Å². The standard InChI is InChI=1S/C14H23N3O/c1-4-13-5-12(7-15)6-14(16-13)17-8-11(3)18-9-10(17)2/h5-6,10-11H,4,7-9,15H2,1-3H3. The van der Waals surface area contributed by atoms with Crippen LogP contribution in [0.15, 0.2) is 12.1 Å². The van der Waals surface area contributed by atoms with Gasteiger partial charge in [-0.25, -0.2) is 4.98 Å². The fraction of sp³-hybridized carbons (Fsp3) is 0.643. The molecule has 1 aromatic heterocycles. The van der Waals surface area contributed by atoms with Gasteiger partial charge in [0.15, 0.2) is 0 Å². The van der Waals surface area contributed by atoms with Crippen molar-refractivity contribution < 1.29 is 4.74 Å². The second-order valence-electron chi connectivity index (χ2n) is 5.03. The van der Waals surface area contributed by atoms with E-state index >= 15 is 0 Å². The lowest BCUT2D eigenvalue weighted by Gasteiger charge is -2.38. The minimum Gasteiger partial charge on any atom is -0.375 e. The molecule has 0 radical (unpaired) electrons. The summed E-state index contributed by atoms with van der Waals surface area (Å²) in [5.74, 6) is 1.04. The van der Waals surface area contributed by atoms with Gasteiger partial charge in [0.05, 0.1) is 18.8 Å². The van der Waals surface area contributed by atoms with E-state index in [0.717, 1.165) is 36.6 Å². The van der Waals surface area contributed by atoms with Crippen molar-refractivity contribution in [3.8, 4) is 0 Å². The van der Waals surface area contributed by atoms with Crippen LogP contribution in [0, 0.1) is 0 Å². The Hall–Kier alpha value is -1.13. The maximum absolute atomic E-state index is 5.76. The Morgan fingerprint density at radius 2 is 2.22 bits per heavy atom. The number of ether oxygens (including phenoxy) is 1. The molecular formula is C14H23N3O. The zero-order valence-corrected chi connectivity index (χ0v) is 11.5. The van der Waals surface area contributed by atoms with Crippen molar-refractivity contribution in [3.63, 3.8) is 0 Å². The molecule has 4 nitrogen and oxygen atoms in total. The van der Waals surface area contributed by atoms with Crippen LogP contribution in [0.25, 0.3) is 0 Å². The molecule has 0 bridgehead atoms. The molecule has 2 heterocycles. The van der Waals surface area contributed by atoms with Gasteiger partial charge in [-0.05, 0) is 38.0 Å². The first-order valence-electron chi connectivity index (χ1n) is 6.72. The summed E-state index contributed by atoms with van der Waals surface area (Å²) in [7, 11) is 0. The molecule has 4 heteroatoms. The highest BCUT2D eigenvalue weighted by atomic mass is 16.5. The molecule has 100 valence electrons. The topological polar surface area (TPSA) is 51.4 Å². The third-order valence-electron chi connectivity index (χ3n) is 3.42. The Labute approximate surface area is 109 Å². The van der Waals surface area contributed by atoms with Crippen LogP contribution in [-0.4, -0.2) is 30.3 Å². The van der Waals surface area contributed by atoms with Gasteiger partial charge in [-0.3, -0.25) is 0 Å². The Kier molecular flexibility index (Phi) is 4.19. The zero-order valence-electron chi connectivity index (χ0n) is 11.5. The van der Waals surface area contributed by atoms with Crippen molar-refractivity contribution in [3.05, 3.63) is 23.4 Å². The monoisotopic (exact) mass is 249 g/mol. The van der Waals surface area contributed by atoms with Gasteiger partial charge in [0.1, 0.15) is 5.82 Å². The minimum atomic E-state index is 0.259. The average Bonchev–Trinajstić information content (AvgIpc) is 2.40. The highest BCUT2D eigenvalue weighted by Crippen LogP contribution is 2.21. The van der Waals surface area contributed by atoms with Gasteiger partial charge in [-0.2, -0.15) is 0 Å². The summed E-state index contributed by atoms with van der Waals surface area (Å²) in [4.78, 5) is 7.05. The molecule has 1 aromatic rings. The molecule has 2 atom stereocenters.